The van der Waals surface area contributed by atoms with Crippen molar-refractivity contribution in [2.24, 2.45) is 5.92 Å². The molecule has 4 heteroatoms. The monoisotopic (exact) mass is 176 g/mol. The average molecular weight is 176 g/mol. The summed E-state index contributed by atoms with van der Waals surface area (Å²) in [4.78, 5) is 0. The first-order chi connectivity index (χ1) is 5.50. The van der Waals surface area contributed by atoms with Crippen LogP contribution >= 0.6 is 0 Å². The third-order valence-electron chi connectivity index (χ3n) is 3.03. The highest BCUT2D eigenvalue weighted by atomic mass is 16.4. The van der Waals surface area contributed by atoms with E-state index in [-0.39, 0.29) is 18.9 Å². The fourth-order valence-corrected chi connectivity index (χ4v) is 1.99. The lowest BCUT2D eigenvalue weighted by Gasteiger charge is -2.56. The van der Waals surface area contributed by atoms with Gasteiger partial charge in [-0.2, -0.15) is 0 Å². The van der Waals surface area contributed by atoms with Gasteiger partial charge in [-0.25, -0.2) is 0 Å². The van der Waals surface area contributed by atoms with Crippen molar-refractivity contribution in [2.45, 2.75) is 31.0 Å². The van der Waals surface area contributed by atoms with Crippen LogP contribution in [0, 0.1) is 5.92 Å². The molecule has 0 aliphatic heterocycles. The van der Waals surface area contributed by atoms with Crippen molar-refractivity contribution in [3.05, 3.63) is 0 Å². The second-order valence-electron chi connectivity index (χ2n) is 3.69. The molecule has 12 heavy (non-hydrogen) atoms. The lowest BCUT2D eigenvalue weighted by molar-refractivity contribution is -0.275. The van der Waals surface area contributed by atoms with Crippen molar-refractivity contribution in [1.82, 2.24) is 0 Å². The third kappa shape index (κ3) is 1.07. The minimum atomic E-state index is -1.42. The van der Waals surface area contributed by atoms with Crippen LogP contribution in [0.15, 0.2) is 0 Å². The van der Waals surface area contributed by atoms with E-state index in [4.69, 9.17) is 10.2 Å². The van der Waals surface area contributed by atoms with E-state index in [1.807, 2.05) is 0 Å². The molecule has 0 amide bonds. The molecule has 1 fully saturated rings. The Morgan fingerprint density at radius 3 is 2.25 bits per heavy atom. The van der Waals surface area contributed by atoms with Crippen molar-refractivity contribution in [3.8, 4) is 0 Å². The van der Waals surface area contributed by atoms with E-state index in [1.165, 1.54) is 0 Å². The van der Waals surface area contributed by atoms with Crippen LogP contribution in [0.5, 0.6) is 0 Å². The number of hydrogen-bond donors (Lipinski definition) is 4. The van der Waals surface area contributed by atoms with Gasteiger partial charge in [0.2, 0.25) is 0 Å². The number of aliphatic hydroxyl groups is 4. The fourth-order valence-electron chi connectivity index (χ4n) is 1.99. The summed E-state index contributed by atoms with van der Waals surface area (Å²) in [6.45, 7) is 1.14. The predicted octanol–water partition coefficient (Wildman–Crippen LogP) is -1.14. The number of aliphatic hydroxyl groups excluding tert-OH is 2. The first kappa shape index (κ1) is 9.92. The Bertz CT molecular complexity index is 168. The van der Waals surface area contributed by atoms with Crippen molar-refractivity contribution < 1.29 is 20.4 Å². The summed E-state index contributed by atoms with van der Waals surface area (Å²) in [7, 11) is 0. The maximum atomic E-state index is 9.73. The summed E-state index contributed by atoms with van der Waals surface area (Å²) in [5.41, 5.74) is -2.72. The molecule has 1 rings (SSSR count). The highest BCUT2D eigenvalue weighted by Crippen LogP contribution is 2.48. The lowest BCUT2D eigenvalue weighted by Crippen LogP contribution is -2.70. The molecule has 0 aromatic heterocycles. The molecule has 3 unspecified atom stereocenters. The quantitative estimate of drug-likeness (QED) is 0.438. The molecule has 1 aliphatic carbocycles. The van der Waals surface area contributed by atoms with Gasteiger partial charge in [-0.15, -0.1) is 0 Å². The van der Waals surface area contributed by atoms with Crippen molar-refractivity contribution in [3.63, 3.8) is 0 Å². The van der Waals surface area contributed by atoms with Crippen LogP contribution in [0.4, 0.5) is 0 Å². The molecular weight excluding hydrogens is 160 g/mol. The topological polar surface area (TPSA) is 80.9 Å². The highest BCUT2D eigenvalue weighted by molar-refractivity contribution is 5.12. The number of hydrogen-bond acceptors (Lipinski definition) is 4. The first-order valence-electron chi connectivity index (χ1n) is 4.16. The van der Waals surface area contributed by atoms with Gasteiger partial charge in [0.15, 0.2) is 0 Å². The fraction of sp³-hybridized carbons (Fsp3) is 1.00. The molecule has 3 atom stereocenters. The minimum absolute atomic E-state index is 0.112. The summed E-state index contributed by atoms with van der Waals surface area (Å²) < 4.78 is 0. The van der Waals surface area contributed by atoms with Gasteiger partial charge in [0, 0.05) is 13.0 Å². The molecule has 4 N–H and O–H groups in total. The minimum Gasteiger partial charge on any atom is -0.396 e. The van der Waals surface area contributed by atoms with Gasteiger partial charge >= 0.3 is 0 Å². The Morgan fingerprint density at radius 1 is 1.33 bits per heavy atom. The molecule has 0 saturated heterocycles. The zero-order chi connectivity index (χ0) is 9.41. The molecule has 1 aliphatic rings. The van der Waals surface area contributed by atoms with Gasteiger partial charge in [-0.05, 0) is 12.3 Å². The lowest BCUT2D eigenvalue weighted by atomic mass is 9.57. The van der Waals surface area contributed by atoms with Gasteiger partial charge in [-0.1, -0.05) is 6.92 Å². The zero-order valence-electron chi connectivity index (χ0n) is 7.19. The van der Waals surface area contributed by atoms with Crippen LogP contribution in [0.1, 0.15) is 19.8 Å². The second kappa shape index (κ2) is 2.96. The SMILES string of the molecule is CC1CC(O)(CCO)C1(O)CO. The molecule has 4 nitrogen and oxygen atoms in total. The summed E-state index contributed by atoms with van der Waals surface area (Å²) in [5, 5.41) is 37.0. The van der Waals surface area contributed by atoms with E-state index < -0.39 is 17.8 Å². The summed E-state index contributed by atoms with van der Waals surface area (Å²) in [6.07, 6.45) is 0.555. The molecule has 1 saturated carbocycles. The molecule has 0 aromatic carbocycles. The normalized spacial score (nSPS) is 47.2. The predicted molar refractivity (Wildman–Crippen MR) is 42.5 cm³/mol. The van der Waals surface area contributed by atoms with E-state index in [1.54, 1.807) is 6.92 Å². The molecule has 0 spiro atoms. The maximum absolute atomic E-state index is 9.73. The summed E-state index contributed by atoms with van der Waals surface area (Å²) in [6, 6.07) is 0. The van der Waals surface area contributed by atoms with Gasteiger partial charge in [0.1, 0.15) is 5.60 Å². The van der Waals surface area contributed by atoms with Gasteiger partial charge in [0.25, 0.3) is 0 Å². The summed E-state index contributed by atoms with van der Waals surface area (Å²) >= 11 is 0. The maximum Gasteiger partial charge on any atom is 0.119 e. The average Bonchev–Trinajstić information content (AvgIpc) is 2.03. The van der Waals surface area contributed by atoms with Crippen LogP contribution in [-0.4, -0.2) is 44.8 Å². The molecular formula is C8H16O4. The Balaban J connectivity index is 2.69. The van der Waals surface area contributed by atoms with Crippen LogP contribution in [0.25, 0.3) is 0 Å². The highest BCUT2D eigenvalue weighted by Gasteiger charge is 2.61. The Labute approximate surface area is 71.5 Å². The Morgan fingerprint density at radius 2 is 1.92 bits per heavy atom. The van der Waals surface area contributed by atoms with Crippen LogP contribution in [0.3, 0.4) is 0 Å². The van der Waals surface area contributed by atoms with E-state index in [0.29, 0.717) is 6.42 Å². The third-order valence-corrected chi connectivity index (χ3v) is 3.03. The standard InChI is InChI=1S/C8H16O4/c1-6-4-7(11,2-3-9)8(6,12)5-10/h6,9-12H,2-5H2,1H3. The smallest absolute Gasteiger partial charge is 0.119 e. The van der Waals surface area contributed by atoms with Gasteiger partial charge in [-0.3, -0.25) is 0 Å². The van der Waals surface area contributed by atoms with E-state index in [0.717, 1.165) is 0 Å². The first-order valence-corrected chi connectivity index (χ1v) is 4.16. The van der Waals surface area contributed by atoms with Gasteiger partial charge in [0.05, 0.1) is 12.2 Å². The second-order valence-corrected chi connectivity index (χ2v) is 3.69. The Hall–Kier alpha value is -0.160. The molecule has 0 radical (unpaired) electrons. The van der Waals surface area contributed by atoms with Gasteiger partial charge < -0.3 is 20.4 Å². The van der Waals surface area contributed by atoms with Crippen LogP contribution in [-0.2, 0) is 0 Å². The van der Waals surface area contributed by atoms with E-state index in [9.17, 15) is 10.2 Å². The molecule has 72 valence electrons. The van der Waals surface area contributed by atoms with Crippen molar-refractivity contribution >= 4 is 0 Å². The van der Waals surface area contributed by atoms with Crippen LogP contribution in [0.2, 0.25) is 0 Å². The zero-order valence-corrected chi connectivity index (χ0v) is 7.19. The van der Waals surface area contributed by atoms with Crippen molar-refractivity contribution in [1.29, 1.82) is 0 Å². The molecule has 0 aromatic rings. The van der Waals surface area contributed by atoms with E-state index in [2.05, 4.69) is 0 Å². The molecule has 0 heterocycles. The summed E-state index contributed by atoms with van der Waals surface area (Å²) in [5.74, 6) is -0.112. The van der Waals surface area contributed by atoms with E-state index >= 15 is 0 Å². The van der Waals surface area contributed by atoms with Crippen LogP contribution < -0.4 is 0 Å². The Kier molecular flexibility index (Phi) is 2.45. The largest absolute Gasteiger partial charge is 0.396 e. The number of rotatable bonds is 3. The molecule has 0 bridgehead atoms. The van der Waals surface area contributed by atoms with Crippen molar-refractivity contribution in [2.75, 3.05) is 13.2 Å².